The average Bonchev–Trinajstić information content (AvgIpc) is 2.02. The van der Waals surface area contributed by atoms with Gasteiger partial charge in [-0.05, 0) is 38.5 Å². The van der Waals surface area contributed by atoms with Crippen LogP contribution in [0.3, 0.4) is 0 Å². The van der Waals surface area contributed by atoms with Crippen LogP contribution in [-0.4, -0.2) is 12.2 Å². The Morgan fingerprint density at radius 3 is 2.00 bits per heavy atom. The lowest BCUT2D eigenvalue weighted by atomic mass is 9.85. The minimum absolute atomic E-state index is 0.0956. The van der Waals surface area contributed by atoms with Crippen molar-refractivity contribution in [3.8, 4) is 0 Å². The van der Waals surface area contributed by atoms with Crippen molar-refractivity contribution < 1.29 is 4.74 Å². The smallest absolute Gasteiger partial charge is 0.0659 e. The predicted molar refractivity (Wildman–Crippen MR) is 63.6 cm³/mol. The molecule has 1 nitrogen and oxygen atoms in total. The first-order valence-corrected chi connectivity index (χ1v) is 6.07. The highest BCUT2D eigenvalue weighted by atomic mass is 16.5. The molecule has 86 valence electrons. The Labute approximate surface area is 90.2 Å². The molecule has 0 aliphatic carbocycles. The summed E-state index contributed by atoms with van der Waals surface area (Å²) >= 11 is 0. The molecule has 0 fully saturated rings. The highest BCUT2D eigenvalue weighted by Crippen LogP contribution is 2.29. The van der Waals surface area contributed by atoms with Crippen LogP contribution in [0.5, 0.6) is 0 Å². The van der Waals surface area contributed by atoms with E-state index < -0.39 is 0 Å². The van der Waals surface area contributed by atoms with Gasteiger partial charge in [0.05, 0.1) is 5.60 Å². The molecule has 14 heavy (non-hydrogen) atoms. The molecule has 1 heteroatoms. The number of hydrogen-bond acceptors (Lipinski definition) is 1. The van der Waals surface area contributed by atoms with Gasteiger partial charge in [-0.3, -0.25) is 0 Å². The maximum absolute atomic E-state index is 5.91. The molecule has 0 heterocycles. The lowest BCUT2D eigenvalue weighted by Crippen LogP contribution is -2.32. The van der Waals surface area contributed by atoms with Crippen LogP contribution in [0, 0.1) is 11.8 Å². The van der Waals surface area contributed by atoms with Crippen LogP contribution >= 0.6 is 0 Å². The molecule has 0 rings (SSSR count). The van der Waals surface area contributed by atoms with E-state index in [1.54, 1.807) is 0 Å². The highest BCUT2D eigenvalue weighted by Gasteiger charge is 2.27. The number of rotatable bonds is 7. The maximum Gasteiger partial charge on any atom is 0.0659 e. The van der Waals surface area contributed by atoms with Gasteiger partial charge in [0, 0.05) is 6.61 Å². The van der Waals surface area contributed by atoms with Crippen LogP contribution in [0.1, 0.15) is 60.8 Å². The number of ether oxygens (including phenoxy) is 1. The molecular weight excluding hydrogens is 172 g/mol. The van der Waals surface area contributed by atoms with Gasteiger partial charge in [-0.2, -0.15) is 0 Å². The van der Waals surface area contributed by atoms with Crippen molar-refractivity contribution in [1.29, 1.82) is 0 Å². The fourth-order valence-corrected chi connectivity index (χ4v) is 2.29. The van der Waals surface area contributed by atoms with E-state index in [0.29, 0.717) is 0 Å². The van der Waals surface area contributed by atoms with Gasteiger partial charge in [0.25, 0.3) is 0 Å². The van der Waals surface area contributed by atoms with Crippen molar-refractivity contribution in [1.82, 2.24) is 0 Å². The molecular formula is C13H28O. The van der Waals surface area contributed by atoms with E-state index in [-0.39, 0.29) is 5.60 Å². The summed E-state index contributed by atoms with van der Waals surface area (Å²) in [5.41, 5.74) is 0.0956. The van der Waals surface area contributed by atoms with Gasteiger partial charge in [-0.1, -0.05) is 34.1 Å². The molecule has 0 aliphatic rings. The average molecular weight is 200 g/mol. The monoisotopic (exact) mass is 200 g/mol. The summed E-state index contributed by atoms with van der Waals surface area (Å²) in [5, 5.41) is 0. The maximum atomic E-state index is 5.91. The van der Waals surface area contributed by atoms with Gasteiger partial charge < -0.3 is 4.74 Å². The summed E-state index contributed by atoms with van der Waals surface area (Å²) < 4.78 is 5.91. The summed E-state index contributed by atoms with van der Waals surface area (Å²) in [7, 11) is 0. The van der Waals surface area contributed by atoms with Gasteiger partial charge in [0.2, 0.25) is 0 Å². The summed E-state index contributed by atoms with van der Waals surface area (Å²) in [4.78, 5) is 0. The molecule has 0 saturated carbocycles. The van der Waals surface area contributed by atoms with Gasteiger partial charge >= 0.3 is 0 Å². The standard InChI is InChI=1S/C13H28O/c1-7-12(5)10-13(6,14-8-2)9-11(3)4/h11-12H,7-10H2,1-6H3. The third-order valence-corrected chi connectivity index (χ3v) is 2.81. The molecule has 0 aromatic rings. The number of hydrogen-bond donors (Lipinski definition) is 0. The van der Waals surface area contributed by atoms with Crippen molar-refractivity contribution in [2.24, 2.45) is 11.8 Å². The normalized spacial score (nSPS) is 18.2. The molecule has 0 N–H and O–H groups in total. The van der Waals surface area contributed by atoms with E-state index in [4.69, 9.17) is 4.74 Å². The molecule has 2 unspecified atom stereocenters. The molecule has 0 bridgehead atoms. The van der Waals surface area contributed by atoms with E-state index in [2.05, 4.69) is 41.5 Å². The summed E-state index contributed by atoms with van der Waals surface area (Å²) in [6, 6.07) is 0. The Morgan fingerprint density at radius 2 is 1.64 bits per heavy atom. The Hall–Kier alpha value is -0.0400. The lowest BCUT2D eigenvalue weighted by Gasteiger charge is -2.33. The second kappa shape index (κ2) is 6.44. The first-order valence-electron chi connectivity index (χ1n) is 6.07. The highest BCUT2D eigenvalue weighted by molar-refractivity contribution is 4.78. The molecule has 0 saturated heterocycles. The van der Waals surface area contributed by atoms with Crippen LogP contribution in [0.15, 0.2) is 0 Å². The van der Waals surface area contributed by atoms with Crippen molar-refractivity contribution in [3.05, 3.63) is 0 Å². The summed E-state index contributed by atoms with van der Waals surface area (Å²) in [6.45, 7) is 14.3. The van der Waals surface area contributed by atoms with Crippen molar-refractivity contribution in [2.45, 2.75) is 66.4 Å². The minimum atomic E-state index is 0.0956. The zero-order chi connectivity index (χ0) is 11.2. The predicted octanol–water partition coefficient (Wildman–Crippen LogP) is 4.26. The molecule has 0 amide bonds. The fourth-order valence-electron chi connectivity index (χ4n) is 2.29. The largest absolute Gasteiger partial charge is 0.376 e. The summed E-state index contributed by atoms with van der Waals surface area (Å²) in [6.07, 6.45) is 3.61. The third kappa shape index (κ3) is 5.64. The zero-order valence-corrected chi connectivity index (χ0v) is 10.9. The second-order valence-electron chi connectivity index (χ2n) is 5.20. The molecule has 0 radical (unpaired) electrons. The zero-order valence-electron chi connectivity index (χ0n) is 10.9. The van der Waals surface area contributed by atoms with Crippen LogP contribution in [0.2, 0.25) is 0 Å². The van der Waals surface area contributed by atoms with E-state index in [0.717, 1.165) is 18.4 Å². The van der Waals surface area contributed by atoms with Crippen molar-refractivity contribution in [3.63, 3.8) is 0 Å². The van der Waals surface area contributed by atoms with E-state index >= 15 is 0 Å². The summed E-state index contributed by atoms with van der Waals surface area (Å²) in [5.74, 6) is 1.49. The molecule has 0 spiro atoms. The van der Waals surface area contributed by atoms with Gasteiger partial charge in [-0.15, -0.1) is 0 Å². The minimum Gasteiger partial charge on any atom is -0.376 e. The third-order valence-electron chi connectivity index (χ3n) is 2.81. The fraction of sp³-hybridized carbons (Fsp3) is 1.00. The first kappa shape index (κ1) is 14.0. The van der Waals surface area contributed by atoms with Crippen LogP contribution in [0.25, 0.3) is 0 Å². The van der Waals surface area contributed by atoms with Crippen LogP contribution in [-0.2, 0) is 4.74 Å². The van der Waals surface area contributed by atoms with E-state index in [1.165, 1.54) is 19.3 Å². The van der Waals surface area contributed by atoms with E-state index in [1.807, 2.05) is 0 Å². The molecule has 0 aliphatic heterocycles. The van der Waals surface area contributed by atoms with Crippen molar-refractivity contribution in [2.75, 3.05) is 6.61 Å². The Kier molecular flexibility index (Phi) is 6.43. The van der Waals surface area contributed by atoms with Crippen LogP contribution in [0.4, 0.5) is 0 Å². The second-order valence-corrected chi connectivity index (χ2v) is 5.20. The quantitative estimate of drug-likeness (QED) is 0.596. The van der Waals surface area contributed by atoms with Crippen molar-refractivity contribution >= 4 is 0 Å². The first-order chi connectivity index (χ1) is 6.43. The van der Waals surface area contributed by atoms with Crippen LogP contribution < -0.4 is 0 Å². The van der Waals surface area contributed by atoms with Gasteiger partial charge in [-0.25, -0.2) is 0 Å². The topological polar surface area (TPSA) is 9.23 Å². The Morgan fingerprint density at radius 1 is 1.07 bits per heavy atom. The molecule has 2 atom stereocenters. The molecule has 0 aromatic heterocycles. The van der Waals surface area contributed by atoms with Gasteiger partial charge in [0.1, 0.15) is 0 Å². The SMILES string of the molecule is CCOC(C)(CC(C)C)CC(C)CC. The Balaban J connectivity index is 4.22. The van der Waals surface area contributed by atoms with E-state index in [9.17, 15) is 0 Å². The van der Waals surface area contributed by atoms with Gasteiger partial charge in [0.15, 0.2) is 0 Å². The lowest BCUT2D eigenvalue weighted by molar-refractivity contribution is -0.0543. The molecule has 0 aromatic carbocycles. The Bertz CT molecular complexity index is 142.